The first-order chi connectivity index (χ1) is 10.1. The molecule has 0 aromatic heterocycles. The van der Waals surface area contributed by atoms with Crippen LogP contribution in [-0.2, 0) is 9.53 Å². The van der Waals surface area contributed by atoms with Crippen molar-refractivity contribution in [2.45, 2.75) is 64.5 Å². The van der Waals surface area contributed by atoms with Gasteiger partial charge in [-0.1, -0.05) is 26.7 Å². The minimum atomic E-state index is 0.133. The molecule has 1 aliphatic heterocycles. The summed E-state index contributed by atoms with van der Waals surface area (Å²) in [6.07, 6.45) is 7.62. The average Bonchev–Trinajstić information content (AvgIpc) is 2.48. The molecular weight excluding hydrogens is 264 g/mol. The topological polar surface area (TPSA) is 41.6 Å². The Kier molecular flexibility index (Phi) is 6.49. The summed E-state index contributed by atoms with van der Waals surface area (Å²) in [7, 11) is 1.58. The third-order valence-electron chi connectivity index (χ3n) is 5.24. The Labute approximate surface area is 129 Å². The molecule has 2 atom stereocenters. The van der Waals surface area contributed by atoms with Gasteiger partial charge in [0, 0.05) is 32.3 Å². The normalized spacial score (nSPS) is 28.1. The first-order valence-electron chi connectivity index (χ1n) is 8.64. The largest absolute Gasteiger partial charge is 0.375 e. The van der Waals surface area contributed by atoms with Crippen molar-refractivity contribution in [3.63, 3.8) is 0 Å². The molecule has 1 saturated heterocycles. The molecule has 2 unspecified atom stereocenters. The molecule has 4 heteroatoms. The van der Waals surface area contributed by atoms with E-state index in [0.29, 0.717) is 12.1 Å². The minimum Gasteiger partial charge on any atom is -0.375 e. The summed E-state index contributed by atoms with van der Waals surface area (Å²) >= 11 is 0. The van der Waals surface area contributed by atoms with Gasteiger partial charge in [-0.3, -0.25) is 4.79 Å². The number of hydrogen-bond acceptors (Lipinski definition) is 3. The zero-order chi connectivity index (χ0) is 15.2. The van der Waals surface area contributed by atoms with Crippen LogP contribution in [0.2, 0.25) is 0 Å². The van der Waals surface area contributed by atoms with Crippen LogP contribution in [0.4, 0.5) is 0 Å². The van der Waals surface area contributed by atoms with E-state index in [1.54, 1.807) is 7.11 Å². The fourth-order valence-electron chi connectivity index (χ4n) is 3.98. The first kappa shape index (κ1) is 16.8. The second-order valence-corrected chi connectivity index (χ2v) is 7.05. The van der Waals surface area contributed by atoms with E-state index in [1.165, 1.54) is 25.7 Å². The molecule has 1 heterocycles. The third-order valence-corrected chi connectivity index (χ3v) is 5.24. The fourth-order valence-corrected chi connectivity index (χ4v) is 3.98. The van der Waals surface area contributed by atoms with E-state index in [4.69, 9.17) is 4.74 Å². The molecule has 0 aromatic rings. The molecule has 1 saturated carbocycles. The van der Waals surface area contributed by atoms with Gasteiger partial charge in [0.2, 0.25) is 5.91 Å². The number of methoxy groups -OCH3 is 1. The van der Waals surface area contributed by atoms with E-state index in [-0.39, 0.29) is 12.5 Å². The van der Waals surface area contributed by atoms with Crippen LogP contribution in [0.3, 0.4) is 0 Å². The predicted octanol–water partition coefficient (Wildman–Crippen LogP) is 2.43. The van der Waals surface area contributed by atoms with E-state index < -0.39 is 0 Å². The molecule has 122 valence electrons. The molecule has 0 aromatic carbocycles. The molecule has 2 rings (SSSR count). The summed E-state index contributed by atoms with van der Waals surface area (Å²) in [6, 6.07) is 1.27. The van der Waals surface area contributed by atoms with Gasteiger partial charge in [-0.05, 0) is 37.5 Å². The average molecular weight is 296 g/mol. The molecule has 21 heavy (non-hydrogen) atoms. The summed E-state index contributed by atoms with van der Waals surface area (Å²) < 4.78 is 4.94. The number of amides is 1. The van der Waals surface area contributed by atoms with Gasteiger partial charge in [0.15, 0.2) is 0 Å². The summed E-state index contributed by atoms with van der Waals surface area (Å²) in [4.78, 5) is 13.8. The van der Waals surface area contributed by atoms with Crippen molar-refractivity contribution in [3.05, 3.63) is 0 Å². The Morgan fingerprint density at radius 3 is 2.48 bits per heavy atom. The van der Waals surface area contributed by atoms with Gasteiger partial charge in [-0.15, -0.1) is 0 Å². The van der Waals surface area contributed by atoms with Crippen molar-refractivity contribution in [2.24, 2.45) is 11.8 Å². The van der Waals surface area contributed by atoms with Crippen LogP contribution in [0.5, 0.6) is 0 Å². The lowest BCUT2D eigenvalue weighted by Gasteiger charge is -2.40. The smallest absolute Gasteiger partial charge is 0.248 e. The highest BCUT2D eigenvalue weighted by molar-refractivity contribution is 5.77. The summed E-state index contributed by atoms with van der Waals surface area (Å²) in [5.41, 5.74) is 0. The molecular formula is C17H32N2O2. The number of likely N-dealkylation sites (tertiary alicyclic amines) is 1. The Balaban J connectivity index is 1.78. The van der Waals surface area contributed by atoms with Gasteiger partial charge in [0.05, 0.1) is 0 Å². The maximum atomic E-state index is 11.8. The van der Waals surface area contributed by atoms with Gasteiger partial charge in [-0.2, -0.15) is 0 Å². The van der Waals surface area contributed by atoms with Gasteiger partial charge in [0.25, 0.3) is 0 Å². The molecule has 2 fully saturated rings. The SMILES string of the molecule is COCC(=O)N1CCC(NC2CCCCC2C(C)C)CC1. The van der Waals surface area contributed by atoms with Crippen molar-refractivity contribution in [1.82, 2.24) is 10.2 Å². The van der Waals surface area contributed by atoms with Crippen LogP contribution >= 0.6 is 0 Å². The number of nitrogens with one attached hydrogen (secondary N) is 1. The van der Waals surface area contributed by atoms with Gasteiger partial charge in [0.1, 0.15) is 6.61 Å². The number of carbonyl (C=O) groups is 1. The van der Waals surface area contributed by atoms with Gasteiger partial charge in [-0.25, -0.2) is 0 Å². The summed E-state index contributed by atoms with van der Waals surface area (Å²) in [5, 5.41) is 3.91. The van der Waals surface area contributed by atoms with Crippen molar-refractivity contribution in [1.29, 1.82) is 0 Å². The Morgan fingerprint density at radius 1 is 1.19 bits per heavy atom. The Bertz CT molecular complexity index is 325. The third kappa shape index (κ3) is 4.68. The van der Waals surface area contributed by atoms with E-state index in [0.717, 1.165) is 37.8 Å². The quantitative estimate of drug-likeness (QED) is 0.847. The number of hydrogen-bond donors (Lipinski definition) is 1. The second-order valence-electron chi connectivity index (χ2n) is 7.05. The Hall–Kier alpha value is -0.610. The van der Waals surface area contributed by atoms with Crippen LogP contribution in [0.1, 0.15) is 52.4 Å². The first-order valence-corrected chi connectivity index (χ1v) is 8.64. The highest BCUT2D eigenvalue weighted by Gasteiger charge is 2.30. The van der Waals surface area contributed by atoms with Crippen LogP contribution in [0.15, 0.2) is 0 Å². The molecule has 4 nitrogen and oxygen atoms in total. The zero-order valence-electron chi connectivity index (χ0n) is 13.9. The maximum Gasteiger partial charge on any atom is 0.248 e. The number of carbonyl (C=O) groups excluding carboxylic acids is 1. The lowest BCUT2D eigenvalue weighted by atomic mass is 9.77. The van der Waals surface area contributed by atoms with Crippen molar-refractivity contribution >= 4 is 5.91 Å². The molecule has 0 spiro atoms. The number of ether oxygens (including phenoxy) is 1. The minimum absolute atomic E-state index is 0.133. The highest BCUT2D eigenvalue weighted by atomic mass is 16.5. The van der Waals surface area contributed by atoms with Crippen LogP contribution < -0.4 is 5.32 Å². The molecule has 0 radical (unpaired) electrons. The van der Waals surface area contributed by atoms with E-state index in [9.17, 15) is 4.79 Å². The standard InChI is InChI=1S/C17H32N2O2/c1-13(2)15-6-4-5-7-16(15)18-14-8-10-19(11-9-14)17(20)12-21-3/h13-16,18H,4-12H2,1-3H3. The maximum absolute atomic E-state index is 11.8. The lowest BCUT2D eigenvalue weighted by molar-refractivity contribution is -0.136. The van der Waals surface area contributed by atoms with Crippen LogP contribution in [-0.4, -0.2) is 49.7 Å². The summed E-state index contributed by atoms with van der Waals surface area (Å²) in [6.45, 7) is 6.68. The van der Waals surface area contributed by atoms with Gasteiger partial charge < -0.3 is 15.0 Å². The highest BCUT2D eigenvalue weighted by Crippen LogP contribution is 2.31. The van der Waals surface area contributed by atoms with Crippen molar-refractivity contribution in [3.8, 4) is 0 Å². The van der Waals surface area contributed by atoms with Crippen LogP contribution in [0, 0.1) is 11.8 Å². The molecule has 1 amide bonds. The lowest BCUT2D eigenvalue weighted by Crippen LogP contribution is -2.51. The predicted molar refractivity (Wildman–Crippen MR) is 85.2 cm³/mol. The number of nitrogens with zero attached hydrogens (tertiary/aromatic N) is 1. The molecule has 0 bridgehead atoms. The summed E-state index contributed by atoms with van der Waals surface area (Å²) in [5.74, 6) is 1.73. The van der Waals surface area contributed by atoms with E-state index in [1.807, 2.05) is 4.90 Å². The zero-order valence-corrected chi connectivity index (χ0v) is 13.9. The molecule has 2 aliphatic rings. The monoisotopic (exact) mass is 296 g/mol. The fraction of sp³-hybridized carbons (Fsp3) is 0.941. The van der Waals surface area contributed by atoms with Crippen molar-refractivity contribution in [2.75, 3.05) is 26.8 Å². The number of rotatable bonds is 5. The second kappa shape index (κ2) is 8.14. The van der Waals surface area contributed by atoms with E-state index in [2.05, 4.69) is 19.2 Å². The molecule has 1 N–H and O–H groups in total. The van der Waals surface area contributed by atoms with Crippen molar-refractivity contribution < 1.29 is 9.53 Å². The Morgan fingerprint density at radius 2 is 1.86 bits per heavy atom. The van der Waals surface area contributed by atoms with Crippen LogP contribution in [0.25, 0.3) is 0 Å². The number of piperidine rings is 1. The van der Waals surface area contributed by atoms with E-state index >= 15 is 0 Å². The molecule has 1 aliphatic carbocycles. The van der Waals surface area contributed by atoms with Gasteiger partial charge >= 0.3 is 0 Å².